The van der Waals surface area contributed by atoms with Gasteiger partial charge in [0.2, 0.25) is 0 Å². The van der Waals surface area contributed by atoms with Crippen LogP contribution < -0.4 is 0 Å². The van der Waals surface area contributed by atoms with Crippen LogP contribution in [-0.2, 0) is 0 Å². The van der Waals surface area contributed by atoms with E-state index in [1.54, 1.807) is 29.4 Å². The minimum Gasteiger partial charge on any atom is -0.313 e. The summed E-state index contributed by atoms with van der Waals surface area (Å²) in [5.74, 6) is 0.0230. The third kappa shape index (κ3) is 4.50. The summed E-state index contributed by atoms with van der Waals surface area (Å²) in [7, 11) is 7.79. The lowest BCUT2D eigenvalue weighted by Gasteiger charge is -2.28. The Morgan fingerprint density at radius 3 is 1.94 bits per heavy atom. The topological polar surface area (TPSA) is 39.7 Å². The average Bonchev–Trinajstić information content (AvgIpc) is 2.27. The van der Waals surface area contributed by atoms with E-state index in [4.69, 9.17) is 0 Å². The molecule has 1 heterocycles. The molecule has 1 aromatic rings. The fraction of sp³-hybridized carbons (Fsp3) is 0.500. The molecule has 5 nitrogen and oxygen atoms in total. The molecular weight excluding hydrogens is 216 g/mol. The van der Waals surface area contributed by atoms with Gasteiger partial charge in [0.05, 0.1) is 13.3 Å². The summed E-state index contributed by atoms with van der Waals surface area (Å²) in [6.45, 7) is 1.19. The number of carbonyl (C=O) groups is 1. The van der Waals surface area contributed by atoms with Crippen LogP contribution in [0.3, 0.4) is 0 Å². The molecule has 0 unspecified atom stereocenters. The van der Waals surface area contributed by atoms with Gasteiger partial charge in [-0.1, -0.05) is 0 Å². The SMILES string of the molecule is CN(C)CN(CN(C)C)C(=O)c1ccncc1. The van der Waals surface area contributed by atoms with E-state index in [-0.39, 0.29) is 5.91 Å². The van der Waals surface area contributed by atoms with Crippen LogP contribution >= 0.6 is 0 Å². The van der Waals surface area contributed by atoms with Crippen LogP contribution in [0, 0.1) is 0 Å². The summed E-state index contributed by atoms with van der Waals surface area (Å²) in [4.78, 5) is 21.9. The monoisotopic (exact) mass is 236 g/mol. The van der Waals surface area contributed by atoms with Gasteiger partial charge >= 0.3 is 0 Å². The molecule has 94 valence electrons. The van der Waals surface area contributed by atoms with Crippen LogP contribution in [0.5, 0.6) is 0 Å². The molecule has 0 radical (unpaired) electrons. The van der Waals surface area contributed by atoms with Gasteiger partial charge in [-0.25, -0.2) is 0 Å². The van der Waals surface area contributed by atoms with Gasteiger partial charge in [0.15, 0.2) is 0 Å². The first-order chi connectivity index (χ1) is 8.00. The molecule has 0 bridgehead atoms. The molecule has 1 aromatic heterocycles. The lowest BCUT2D eigenvalue weighted by atomic mass is 10.2. The van der Waals surface area contributed by atoms with Crippen molar-refractivity contribution in [3.05, 3.63) is 30.1 Å². The minimum absolute atomic E-state index is 0.0230. The first kappa shape index (κ1) is 13.6. The standard InChI is InChI=1S/C12H20N4O/c1-14(2)9-16(10-15(3)4)12(17)11-5-7-13-8-6-11/h5-8H,9-10H2,1-4H3. The Labute approximate surface area is 103 Å². The number of rotatable bonds is 5. The quantitative estimate of drug-likeness (QED) is 0.700. The molecule has 17 heavy (non-hydrogen) atoms. The predicted molar refractivity (Wildman–Crippen MR) is 67.5 cm³/mol. The third-order valence-corrected chi connectivity index (χ3v) is 2.12. The first-order valence-electron chi connectivity index (χ1n) is 5.49. The van der Waals surface area contributed by atoms with Crippen molar-refractivity contribution in [2.75, 3.05) is 41.5 Å². The highest BCUT2D eigenvalue weighted by atomic mass is 16.2. The molecule has 0 spiro atoms. The minimum atomic E-state index is 0.0230. The van der Waals surface area contributed by atoms with E-state index >= 15 is 0 Å². The summed E-state index contributed by atoms with van der Waals surface area (Å²) >= 11 is 0. The molecular formula is C12H20N4O. The van der Waals surface area contributed by atoms with Crippen molar-refractivity contribution in [1.82, 2.24) is 19.7 Å². The molecule has 0 fully saturated rings. The molecule has 0 aliphatic heterocycles. The highest BCUT2D eigenvalue weighted by Crippen LogP contribution is 2.04. The van der Waals surface area contributed by atoms with E-state index in [1.807, 2.05) is 38.0 Å². The number of amides is 1. The second-order valence-electron chi connectivity index (χ2n) is 4.52. The Bertz CT molecular complexity index is 341. The Hall–Kier alpha value is -1.46. The Balaban J connectivity index is 2.79. The van der Waals surface area contributed by atoms with Crippen LogP contribution in [0.4, 0.5) is 0 Å². The van der Waals surface area contributed by atoms with Crippen molar-refractivity contribution in [3.8, 4) is 0 Å². The third-order valence-electron chi connectivity index (χ3n) is 2.12. The van der Waals surface area contributed by atoms with E-state index in [0.29, 0.717) is 18.9 Å². The van der Waals surface area contributed by atoms with Crippen LogP contribution in [-0.4, -0.2) is 67.1 Å². The molecule has 0 saturated heterocycles. The second kappa shape index (κ2) is 6.32. The molecule has 1 amide bonds. The van der Waals surface area contributed by atoms with Gasteiger partial charge in [0.1, 0.15) is 0 Å². The average molecular weight is 236 g/mol. The van der Waals surface area contributed by atoms with Crippen LogP contribution in [0.15, 0.2) is 24.5 Å². The number of carbonyl (C=O) groups excluding carboxylic acids is 1. The van der Waals surface area contributed by atoms with Crippen LogP contribution in [0.2, 0.25) is 0 Å². The highest BCUT2D eigenvalue weighted by Gasteiger charge is 2.16. The van der Waals surface area contributed by atoms with E-state index in [0.717, 1.165) is 0 Å². The van der Waals surface area contributed by atoms with Gasteiger partial charge in [-0.05, 0) is 40.3 Å². The van der Waals surface area contributed by atoms with Crippen molar-refractivity contribution in [2.45, 2.75) is 0 Å². The molecule has 0 aliphatic rings. The Morgan fingerprint density at radius 1 is 1.06 bits per heavy atom. The van der Waals surface area contributed by atoms with Crippen molar-refractivity contribution in [2.24, 2.45) is 0 Å². The van der Waals surface area contributed by atoms with Crippen molar-refractivity contribution in [1.29, 1.82) is 0 Å². The van der Waals surface area contributed by atoms with Gasteiger partial charge in [-0.2, -0.15) is 0 Å². The largest absolute Gasteiger partial charge is 0.313 e. The number of hydrogen-bond donors (Lipinski definition) is 0. The molecule has 0 saturated carbocycles. The molecule has 0 N–H and O–H groups in total. The number of aromatic nitrogens is 1. The zero-order valence-electron chi connectivity index (χ0n) is 10.9. The second-order valence-corrected chi connectivity index (χ2v) is 4.52. The van der Waals surface area contributed by atoms with E-state index in [1.165, 1.54) is 0 Å². The summed E-state index contributed by atoms with van der Waals surface area (Å²) in [6, 6.07) is 3.47. The van der Waals surface area contributed by atoms with E-state index < -0.39 is 0 Å². The molecule has 1 rings (SSSR count). The maximum Gasteiger partial charge on any atom is 0.256 e. The zero-order chi connectivity index (χ0) is 12.8. The Morgan fingerprint density at radius 2 is 1.53 bits per heavy atom. The highest BCUT2D eigenvalue weighted by molar-refractivity contribution is 5.93. The zero-order valence-corrected chi connectivity index (χ0v) is 10.9. The van der Waals surface area contributed by atoms with Crippen LogP contribution in [0.25, 0.3) is 0 Å². The van der Waals surface area contributed by atoms with Gasteiger partial charge in [-0.15, -0.1) is 0 Å². The fourth-order valence-electron chi connectivity index (χ4n) is 1.53. The van der Waals surface area contributed by atoms with Gasteiger partial charge in [-0.3, -0.25) is 19.6 Å². The van der Waals surface area contributed by atoms with Crippen molar-refractivity contribution < 1.29 is 4.79 Å². The molecule has 0 atom stereocenters. The molecule has 0 aliphatic carbocycles. The summed E-state index contributed by atoms with van der Waals surface area (Å²) in [5.41, 5.74) is 0.670. The fourth-order valence-corrected chi connectivity index (χ4v) is 1.53. The first-order valence-corrected chi connectivity index (χ1v) is 5.49. The predicted octanol–water partition coefficient (Wildman–Crippen LogP) is 0.562. The summed E-state index contributed by atoms with van der Waals surface area (Å²) in [6.07, 6.45) is 3.27. The summed E-state index contributed by atoms with van der Waals surface area (Å²) in [5, 5.41) is 0. The Kier molecular flexibility index (Phi) is 5.06. The van der Waals surface area contributed by atoms with E-state index in [9.17, 15) is 4.79 Å². The van der Waals surface area contributed by atoms with Crippen molar-refractivity contribution in [3.63, 3.8) is 0 Å². The molecule has 5 heteroatoms. The molecule has 0 aromatic carbocycles. The summed E-state index contributed by atoms with van der Waals surface area (Å²) < 4.78 is 0. The maximum absolute atomic E-state index is 12.3. The maximum atomic E-state index is 12.3. The van der Waals surface area contributed by atoms with Gasteiger partial charge in [0, 0.05) is 18.0 Å². The number of hydrogen-bond acceptors (Lipinski definition) is 4. The lowest BCUT2D eigenvalue weighted by Crippen LogP contribution is -2.43. The van der Waals surface area contributed by atoms with E-state index in [2.05, 4.69) is 4.98 Å². The van der Waals surface area contributed by atoms with Gasteiger partial charge < -0.3 is 4.90 Å². The van der Waals surface area contributed by atoms with Crippen molar-refractivity contribution >= 4 is 5.91 Å². The van der Waals surface area contributed by atoms with Gasteiger partial charge in [0.25, 0.3) is 5.91 Å². The number of pyridine rings is 1. The van der Waals surface area contributed by atoms with Crippen LogP contribution in [0.1, 0.15) is 10.4 Å². The number of nitrogens with zero attached hydrogens (tertiary/aromatic N) is 4. The lowest BCUT2D eigenvalue weighted by molar-refractivity contribution is 0.0570. The normalized spacial score (nSPS) is 10.9. The smallest absolute Gasteiger partial charge is 0.256 e.